The Balaban J connectivity index is -0.0000000133. The van der Waals surface area contributed by atoms with Crippen molar-refractivity contribution in [2.45, 2.75) is 6.36 Å². The van der Waals surface area contributed by atoms with Gasteiger partial charge in [-0.2, -0.15) is 13.2 Å². The Morgan fingerprint density at radius 3 is 0.889 bits per heavy atom. The Labute approximate surface area is 83.5 Å². The minimum Gasteiger partial charge on any atom is -1.00 e. The number of halogens is 6. The van der Waals surface area contributed by atoms with Crippen molar-refractivity contribution in [3.05, 3.63) is 0 Å². The van der Waals surface area contributed by atoms with Crippen LogP contribution in [0, 0.1) is 0 Å². The van der Waals surface area contributed by atoms with Crippen molar-refractivity contribution in [3.8, 4) is 0 Å². The van der Waals surface area contributed by atoms with E-state index in [4.69, 9.17) is 5.11 Å². The third-order valence-corrected chi connectivity index (χ3v) is 0. The summed E-state index contributed by atoms with van der Waals surface area (Å²) in [6, 6.07) is 0. The van der Waals surface area contributed by atoms with Gasteiger partial charge in [0.2, 0.25) is 0 Å². The molecule has 56 valence electrons. The molecule has 0 aliphatic heterocycles. The van der Waals surface area contributed by atoms with Crippen LogP contribution in [-0.2, 0) is 21.7 Å². The fourth-order valence-electron chi connectivity index (χ4n) is 0. The molecule has 9 heavy (non-hydrogen) atoms. The Bertz CT molecular complexity index is 34.5. The van der Waals surface area contributed by atoms with Crippen molar-refractivity contribution in [2.24, 2.45) is 0 Å². The molecule has 0 aromatic carbocycles. The van der Waals surface area contributed by atoms with Gasteiger partial charge in [0, 0.05) is 0 Å². The summed E-state index contributed by atoms with van der Waals surface area (Å²) in [5, 5.41) is 8.10. The minimum atomic E-state index is -5.25. The van der Waals surface area contributed by atoms with Gasteiger partial charge >= 0.3 is 28.1 Å². The predicted octanol–water partition coefficient (Wildman–Crippen LogP) is -9.12. The molecule has 0 unspecified atom stereocenters. The zero-order chi connectivity index (χ0) is 4.50. The predicted molar refractivity (Wildman–Crippen MR) is 6.05 cm³/mol. The van der Waals surface area contributed by atoms with E-state index in [1.165, 1.54) is 0 Å². The van der Waals surface area contributed by atoms with E-state index in [1.54, 1.807) is 0 Å². The molecule has 8 heteroatoms. The molecule has 0 saturated heterocycles. The first kappa shape index (κ1) is 31.6. The molecular formula is CCl3F3OTi. The van der Waals surface area contributed by atoms with E-state index in [2.05, 4.69) is 0 Å². The van der Waals surface area contributed by atoms with Crippen LogP contribution in [0.5, 0.6) is 0 Å². The number of alkyl halides is 3. The summed E-state index contributed by atoms with van der Waals surface area (Å²) < 4.78 is 29.4. The topological polar surface area (TPSA) is 23.1 Å². The van der Waals surface area contributed by atoms with Crippen molar-refractivity contribution in [1.29, 1.82) is 0 Å². The van der Waals surface area contributed by atoms with Gasteiger partial charge in [-0.15, -0.1) is 0 Å². The quantitative estimate of drug-likeness (QED) is 0.385. The summed E-state index contributed by atoms with van der Waals surface area (Å²) in [7, 11) is 0. The number of rotatable bonds is 0. The summed E-state index contributed by atoms with van der Waals surface area (Å²) in [6.07, 6.45) is -5.25. The Morgan fingerprint density at radius 1 is 0.889 bits per heavy atom. The van der Waals surface area contributed by atoms with Gasteiger partial charge in [-0.25, -0.2) is 0 Å². The Hall–Kier alpha value is 1.33. The second kappa shape index (κ2) is 12.1. The largest absolute Gasteiger partial charge is 4.00 e. The molecule has 0 heterocycles. The molecule has 0 spiro atoms. The van der Waals surface area contributed by atoms with E-state index in [0.29, 0.717) is 0 Å². The summed E-state index contributed by atoms with van der Waals surface area (Å²) in [5.41, 5.74) is 0. The third-order valence-electron chi connectivity index (χ3n) is 0. The van der Waals surface area contributed by atoms with Crippen LogP contribution in [0.25, 0.3) is 0 Å². The first-order valence-electron chi connectivity index (χ1n) is 0.771. The molecular weight excluding hydrogens is 239 g/mol. The normalized spacial score (nSPS) is 6.67. The molecule has 0 radical (unpaired) electrons. The van der Waals surface area contributed by atoms with Crippen LogP contribution in [0.2, 0.25) is 0 Å². The molecule has 0 rings (SSSR count). The maximum Gasteiger partial charge on any atom is 4.00 e. The third kappa shape index (κ3) is 282. The smallest absolute Gasteiger partial charge is 1.00 e. The van der Waals surface area contributed by atoms with Crippen LogP contribution in [-0.4, -0.2) is 6.36 Å². The van der Waals surface area contributed by atoms with Crippen LogP contribution < -0.4 is 42.3 Å². The van der Waals surface area contributed by atoms with Crippen LogP contribution in [0.1, 0.15) is 0 Å². The monoisotopic (exact) mass is 238 g/mol. The molecule has 0 atom stereocenters. The number of hydrogen-bond donors (Lipinski definition) is 0. The van der Waals surface area contributed by atoms with Crippen molar-refractivity contribution >= 4 is 0 Å². The standard InChI is InChI=1S/CF3O.3ClH.Ti/c2-1(3,4)5;;;;/h;3*1H;/q-1;;;;+4/p-3. The molecule has 0 aromatic rings. The fourth-order valence-corrected chi connectivity index (χ4v) is 0. The molecule has 0 saturated carbocycles. The van der Waals surface area contributed by atoms with Gasteiger partial charge in [0.05, 0.1) is 0 Å². The summed E-state index contributed by atoms with van der Waals surface area (Å²) in [5.74, 6) is 0. The molecule has 0 aliphatic carbocycles. The fraction of sp³-hybridized carbons (Fsp3) is 1.00. The Morgan fingerprint density at radius 2 is 0.889 bits per heavy atom. The van der Waals surface area contributed by atoms with Gasteiger partial charge in [0.25, 0.3) is 0 Å². The molecule has 1 nitrogen and oxygen atoms in total. The van der Waals surface area contributed by atoms with E-state index in [9.17, 15) is 13.2 Å². The molecule has 0 N–H and O–H groups in total. The molecule has 0 amide bonds. The minimum absolute atomic E-state index is 0. The van der Waals surface area contributed by atoms with Gasteiger partial charge in [-0.3, -0.25) is 0 Å². The van der Waals surface area contributed by atoms with E-state index in [1.807, 2.05) is 0 Å². The molecule has 0 bridgehead atoms. The first-order valence-corrected chi connectivity index (χ1v) is 0.771. The maximum atomic E-state index is 9.80. The van der Waals surface area contributed by atoms with Crippen molar-refractivity contribution in [1.82, 2.24) is 0 Å². The van der Waals surface area contributed by atoms with E-state index >= 15 is 0 Å². The second-order valence-corrected chi connectivity index (χ2v) is 0.446. The van der Waals surface area contributed by atoms with E-state index in [0.717, 1.165) is 0 Å². The number of hydrogen-bond acceptors (Lipinski definition) is 1. The SMILES string of the molecule is [Cl-].[Cl-].[Cl-].[O-]C(F)(F)F.[Ti+4]. The molecule has 0 fully saturated rings. The van der Waals surface area contributed by atoms with Gasteiger partial charge in [-0.05, 0) is 0 Å². The molecule has 0 aromatic heterocycles. The average Bonchev–Trinajstić information content (AvgIpc) is 0.722. The van der Waals surface area contributed by atoms with Crippen molar-refractivity contribution in [3.63, 3.8) is 0 Å². The van der Waals surface area contributed by atoms with E-state index < -0.39 is 6.36 Å². The maximum absolute atomic E-state index is 9.80. The Kier molecular flexibility index (Phi) is 42.4. The van der Waals surface area contributed by atoms with Gasteiger partial charge < -0.3 is 42.3 Å². The second-order valence-electron chi connectivity index (χ2n) is 0.446. The molecule has 0 aliphatic rings. The summed E-state index contributed by atoms with van der Waals surface area (Å²) >= 11 is 0. The van der Waals surface area contributed by atoms with Crippen LogP contribution >= 0.6 is 0 Å². The van der Waals surface area contributed by atoms with Crippen LogP contribution in [0.15, 0.2) is 0 Å². The van der Waals surface area contributed by atoms with Gasteiger partial charge in [0.15, 0.2) is 0 Å². The van der Waals surface area contributed by atoms with Crippen LogP contribution in [0.4, 0.5) is 13.2 Å². The van der Waals surface area contributed by atoms with Crippen LogP contribution in [0.3, 0.4) is 0 Å². The summed E-state index contributed by atoms with van der Waals surface area (Å²) in [4.78, 5) is 0. The van der Waals surface area contributed by atoms with Gasteiger partial charge in [0.1, 0.15) is 0 Å². The average molecular weight is 239 g/mol. The van der Waals surface area contributed by atoms with Crippen molar-refractivity contribution < 1.29 is 77.2 Å². The van der Waals surface area contributed by atoms with Crippen molar-refractivity contribution in [2.75, 3.05) is 0 Å². The zero-order valence-electron chi connectivity index (χ0n) is 3.68. The zero-order valence-corrected chi connectivity index (χ0v) is 7.51. The first-order chi connectivity index (χ1) is 2.00. The van der Waals surface area contributed by atoms with E-state index in [-0.39, 0.29) is 58.9 Å². The summed E-state index contributed by atoms with van der Waals surface area (Å²) in [6.45, 7) is 0. The van der Waals surface area contributed by atoms with Gasteiger partial charge in [-0.1, -0.05) is 0 Å².